The average molecular weight is 407 g/mol. The SMILES string of the molecule is Nn1c(SCc2nc3ccc(Cl)cc3n2CCO)nnc1C1CCCCC1. The Bertz CT molecular complexity index is 933. The maximum atomic E-state index is 9.43. The normalized spacial score (nSPS) is 15.6. The molecular formula is C18H23ClN6OS. The van der Waals surface area contributed by atoms with Gasteiger partial charge in [-0.3, -0.25) is 0 Å². The second kappa shape index (κ2) is 8.08. The highest BCUT2D eigenvalue weighted by Crippen LogP contribution is 2.33. The second-order valence-electron chi connectivity index (χ2n) is 6.87. The number of nitrogen functional groups attached to an aromatic ring is 1. The molecule has 1 aromatic carbocycles. The fraction of sp³-hybridized carbons (Fsp3) is 0.500. The minimum atomic E-state index is 0.0362. The van der Waals surface area contributed by atoms with Gasteiger partial charge in [-0.15, -0.1) is 10.2 Å². The number of fused-ring (bicyclic) bond motifs is 1. The molecule has 144 valence electrons. The van der Waals surface area contributed by atoms with Crippen LogP contribution < -0.4 is 5.84 Å². The highest BCUT2D eigenvalue weighted by molar-refractivity contribution is 7.98. The molecule has 3 N–H and O–H groups in total. The molecule has 0 atom stereocenters. The third-order valence-corrected chi connectivity index (χ3v) is 6.28. The number of thioether (sulfide) groups is 1. The largest absolute Gasteiger partial charge is 0.395 e. The Kier molecular flexibility index (Phi) is 5.56. The van der Waals surface area contributed by atoms with Gasteiger partial charge in [0.1, 0.15) is 5.82 Å². The smallest absolute Gasteiger partial charge is 0.210 e. The lowest BCUT2D eigenvalue weighted by atomic mass is 9.89. The van der Waals surface area contributed by atoms with Gasteiger partial charge >= 0.3 is 0 Å². The summed E-state index contributed by atoms with van der Waals surface area (Å²) in [6.07, 6.45) is 6.02. The van der Waals surface area contributed by atoms with E-state index >= 15 is 0 Å². The molecule has 1 saturated carbocycles. The van der Waals surface area contributed by atoms with Crippen molar-refractivity contribution in [2.24, 2.45) is 0 Å². The van der Waals surface area contributed by atoms with Crippen LogP contribution >= 0.6 is 23.4 Å². The van der Waals surface area contributed by atoms with Crippen molar-refractivity contribution in [1.82, 2.24) is 24.4 Å². The quantitative estimate of drug-likeness (QED) is 0.481. The third-order valence-electron chi connectivity index (χ3n) is 5.10. The maximum Gasteiger partial charge on any atom is 0.210 e. The van der Waals surface area contributed by atoms with E-state index in [-0.39, 0.29) is 6.61 Å². The first-order valence-electron chi connectivity index (χ1n) is 9.26. The summed E-state index contributed by atoms with van der Waals surface area (Å²) in [7, 11) is 0. The summed E-state index contributed by atoms with van der Waals surface area (Å²) in [6, 6.07) is 5.59. The highest BCUT2D eigenvalue weighted by Gasteiger charge is 2.23. The van der Waals surface area contributed by atoms with Crippen molar-refractivity contribution in [3.05, 3.63) is 34.9 Å². The number of nitrogens with two attached hydrogens (primary N) is 1. The Labute approximate surface area is 166 Å². The van der Waals surface area contributed by atoms with Crippen LogP contribution in [0.3, 0.4) is 0 Å². The lowest BCUT2D eigenvalue weighted by Crippen LogP contribution is -2.18. The zero-order valence-electron chi connectivity index (χ0n) is 15.0. The molecule has 0 aliphatic heterocycles. The predicted molar refractivity (Wildman–Crippen MR) is 107 cm³/mol. The third kappa shape index (κ3) is 3.79. The van der Waals surface area contributed by atoms with E-state index in [1.165, 1.54) is 31.0 Å². The van der Waals surface area contributed by atoms with Crippen LogP contribution in [0.15, 0.2) is 23.4 Å². The summed E-state index contributed by atoms with van der Waals surface area (Å²) >= 11 is 7.63. The number of nitrogens with zero attached hydrogens (tertiary/aromatic N) is 5. The fourth-order valence-corrected chi connectivity index (χ4v) is 4.74. The zero-order chi connectivity index (χ0) is 18.8. The molecule has 7 nitrogen and oxygen atoms in total. The van der Waals surface area contributed by atoms with Crippen molar-refractivity contribution in [2.75, 3.05) is 12.4 Å². The molecule has 2 aromatic heterocycles. The minimum Gasteiger partial charge on any atom is -0.395 e. The Hall–Kier alpha value is -1.77. The van der Waals surface area contributed by atoms with Gasteiger partial charge in [0.2, 0.25) is 5.16 Å². The van der Waals surface area contributed by atoms with E-state index < -0.39 is 0 Å². The van der Waals surface area contributed by atoms with E-state index in [4.69, 9.17) is 17.4 Å². The molecule has 1 aliphatic carbocycles. The topological polar surface area (TPSA) is 94.8 Å². The van der Waals surface area contributed by atoms with Crippen LogP contribution in [-0.4, -0.2) is 36.1 Å². The average Bonchev–Trinajstić information content (AvgIpc) is 3.21. The van der Waals surface area contributed by atoms with Crippen LogP contribution in [-0.2, 0) is 12.3 Å². The van der Waals surface area contributed by atoms with Crippen molar-refractivity contribution in [3.63, 3.8) is 0 Å². The van der Waals surface area contributed by atoms with Gasteiger partial charge < -0.3 is 15.5 Å². The van der Waals surface area contributed by atoms with Gasteiger partial charge in [0.25, 0.3) is 0 Å². The minimum absolute atomic E-state index is 0.0362. The maximum absolute atomic E-state index is 9.43. The molecule has 27 heavy (non-hydrogen) atoms. The Morgan fingerprint density at radius 3 is 2.81 bits per heavy atom. The van der Waals surface area contributed by atoms with Crippen molar-refractivity contribution in [2.45, 2.75) is 55.5 Å². The summed E-state index contributed by atoms with van der Waals surface area (Å²) in [5, 5.41) is 19.4. The van der Waals surface area contributed by atoms with Gasteiger partial charge in [0.05, 0.1) is 23.4 Å². The number of halogens is 1. The molecule has 3 aromatic rings. The van der Waals surface area contributed by atoms with Gasteiger partial charge in [-0.25, -0.2) is 9.66 Å². The molecule has 0 bridgehead atoms. The lowest BCUT2D eigenvalue weighted by Gasteiger charge is -2.20. The Balaban J connectivity index is 1.55. The van der Waals surface area contributed by atoms with Gasteiger partial charge in [-0.1, -0.05) is 42.6 Å². The first-order valence-corrected chi connectivity index (χ1v) is 10.6. The van der Waals surface area contributed by atoms with Gasteiger partial charge in [-0.2, -0.15) is 0 Å². The number of aromatic nitrogens is 5. The van der Waals surface area contributed by atoms with Crippen LogP contribution in [0.25, 0.3) is 11.0 Å². The summed E-state index contributed by atoms with van der Waals surface area (Å²) in [5.41, 5.74) is 1.78. The fourth-order valence-electron chi connectivity index (χ4n) is 3.76. The van der Waals surface area contributed by atoms with Crippen LogP contribution in [0, 0.1) is 0 Å². The number of aliphatic hydroxyl groups excluding tert-OH is 1. The number of hydrogen-bond donors (Lipinski definition) is 2. The van der Waals surface area contributed by atoms with Crippen LogP contribution in [0.1, 0.15) is 49.7 Å². The standard InChI is InChI=1S/C18H23ClN6OS/c19-13-6-7-14-15(10-13)24(8-9-26)16(21-14)11-27-18-23-22-17(25(18)20)12-4-2-1-3-5-12/h6-7,10,12,26H,1-5,8-9,11,20H2. The summed E-state index contributed by atoms with van der Waals surface area (Å²) in [4.78, 5) is 4.69. The number of aliphatic hydroxyl groups is 1. The molecule has 4 rings (SSSR count). The van der Waals surface area contributed by atoms with Crippen LogP contribution in [0.4, 0.5) is 0 Å². The van der Waals surface area contributed by atoms with E-state index in [1.54, 1.807) is 4.68 Å². The molecule has 9 heteroatoms. The van der Waals surface area contributed by atoms with Crippen molar-refractivity contribution >= 4 is 34.4 Å². The monoisotopic (exact) mass is 406 g/mol. The molecule has 1 fully saturated rings. The predicted octanol–water partition coefficient (Wildman–Crippen LogP) is 3.33. The van der Waals surface area contributed by atoms with Gasteiger partial charge in [0, 0.05) is 17.5 Å². The highest BCUT2D eigenvalue weighted by atomic mass is 35.5. The Morgan fingerprint density at radius 2 is 2.04 bits per heavy atom. The lowest BCUT2D eigenvalue weighted by molar-refractivity contribution is 0.276. The van der Waals surface area contributed by atoms with Crippen LogP contribution in [0.2, 0.25) is 5.02 Å². The second-order valence-corrected chi connectivity index (χ2v) is 8.25. The molecule has 0 spiro atoms. The van der Waals surface area contributed by atoms with Crippen molar-refractivity contribution < 1.29 is 5.11 Å². The first kappa shape index (κ1) is 18.6. The van der Waals surface area contributed by atoms with Crippen LogP contribution in [0.5, 0.6) is 0 Å². The van der Waals surface area contributed by atoms with E-state index in [1.807, 2.05) is 22.8 Å². The summed E-state index contributed by atoms with van der Waals surface area (Å²) in [5.74, 6) is 9.01. The summed E-state index contributed by atoms with van der Waals surface area (Å²) < 4.78 is 3.63. The molecule has 2 heterocycles. The van der Waals surface area contributed by atoms with E-state index in [2.05, 4.69) is 15.2 Å². The Morgan fingerprint density at radius 1 is 1.22 bits per heavy atom. The van der Waals surface area contributed by atoms with E-state index in [0.29, 0.717) is 28.4 Å². The molecule has 0 saturated heterocycles. The zero-order valence-corrected chi connectivity index (χ0v) is 16.6. The van der Waals surface area contributed by atoms with Gasteiger partial charge in [-0.05, 0) is 31.0 Å². The number of rotatable bonds is 6. The number of benzene rings is 1. The number of hydrogen-bond acceptors (Lipinski definition) is 6. The molecule has 0 unspecified atom stereocenters. The molecule has 1 aliphatic rings. The summed E-state index contributed by atoms with van der Waals surface area (Å²) in [6.45, 7) is 0.504. The van der Waals surface area contributed by atoms with Crippen molar-refractivity contribution in [1.29, 1.82) is 0 Å². The van der Waals surface area contributed by atoms with Gasteiger partial charge in [0.15, 0.2) is 5.82 Å². The molecule has 0 amide bonds. The van der Waals surface area contributed by atoms with E-state index in [9.17, 15) is 5.11 Å². The number of imidazole rings is 1. The molecular weight excluding hydrogens is 384 g/mol. The van der Waals surface area contributed by atoms with Crippen molar-refractivity contribution in [3.8, 4) is 0 Å². The first-order chi connectivity index (χ1) is 13.2. The molecule has 0 radical (unpaired) electrons. The van der Waals surface area contributed by atoms with E-state index in [0.717, 1.165) is 35.5 Å².